The molecular formula is C17H21FN4O6S. The number of anilines is 1. The number of benzene rings is 1. The van der Waals surface area contributed by atoms with E-state index in [1.807, 2.05) is 0 Å². The molecule has 0 saturated heterocycles. The van der Waals surface area contributed by atoms with Gasteiger partial charge in [-0.2, -0.15) is 9.97 Å². The summed E-state index contributed by atoms with van der Waals surface area (Å²) in [5.74, 6) is -0.105. The molecule has 2 amide bonds. The number of aliphatic hydroxyl groups is 1. The minimum atomic E-state index is -4.44. The van der Waals surface area contributed by atoms with E-state index in [9.17, 15) is 22.7 Å². The van der Waals surface area contributed by atoms with Crippen LogP contribution in [0, 0.1) is 0 Å². The average Bonchev–Trinajstić information content (AvgIpc) is 2.71. The van der Waals surface area contributed by atoms with Gasteiger partial charge in [0.05, 0.1) is 25.2 Å². The second-order valence-electron chi connectivity index (χ2n) is 5.74. The molecule has 2 aromatic rings. The molecule has 3 N–H and O–H groups in total. The minimum Gasteiger partial charge on any atom is -0.481 e. The number of carbonyl (C=O) groups excluding carboxylic acids is 1. The van der Waals surface area contributed by atoms with Crippen LogP contribution in [0.1, 0.15) is 25.0 Å². The number of urea groups is 1. The normalized spacial score (nSPS) is 13.3. The highest BCUT2D eigenvalue weighted by atomic mass is 32.2. The molecule has 0 aliphatic carbocycles. The molecule has 10 nitrogen and oxygen atoms in total. The van der Waals surface area contributed by atoms with E-state index in [0.717, 1.165) is 6.07 Å². The van der Waals surface area contributed by atoms with Crippen LogP contribution in [0.25, 0.3) is 0 Å². The number of alkyl halides is 1. The van der Waals surface area contributed by atoms with Gasteiger partial charge in [0.25, 0.3) is 10.0 Å². The van der Waals surface area contributed by atoms with E-state index in [0.29, 0.717) is 0 Å². The Morgan fingerprint density at radius 1 is 1.21 bits per heavy atom. The Kier molecular flexibility index (Phi) is 7.29. The highest BCUT2D eigenvalue weighted by Gasteiger charge is 2.28. The number of aliphatic hydroxyl groups excluding tert-OH is 1. The molecule has 2 rings (SSSR count). The summed E-state index contributed by atoms with van der Waals surface area (Å²) < 4.78 is 50.8. The maximum atomic E-state index is 13.9. The van der Waals surface area contributed by atoms with E-state index < -0.39 is 33.2 Å². The fraction of sp³-hybridized carbons (Fsp3) is 0.353. The Morgan fingerprint density at radius 3 is 2.34 bits per heavy atom. The third-order valence-corrected chi connectivity index (χ3v) is 5.21. The summed E-state index contributed by atoms with van der Waals surface area (Å²) in [6.45, 7) is 1.51. The lowest BCUT2D eigenvalue weighted by molar-refractivity contribution is 0.0732. The lowest BCUT2D eigenvalue weighted by atomic mass is 10.0. The van der Waals surface area contributed by atoms with Crippen LogP contribution in [-0.4, -0.2) is 49.9 Å². The molecule has 0 aliphatic heterocycles. The van der Waals surface area contributed by atoms with Gasteiger partial charge in [-0.25, -0.2) is 22.3 Å². The Balaban J connectivity index is 2.25. The van der Waals surface area contributed by atoms with E-state index >= 15 is 0 Å². The smallest absolute Gasteiger partial charge is 0.335 e. The molecule has 0 radical (unpaired) electrons. The number of nitrogens with zero attached hydrogens (tertiary/aromatic N) is 2. The number of nitrogens with one attached hydrogen (secondary N) is 2. The van der Waals surface area contributed by atoms with Crippen molar-refractivity contribution in [2.24, 2.45) is 0 Å². The van der Waals surface area contributed by atoms with Gasteiger partial charge in [-0.05, 0) is 12.5 Å². The predicted molar refractivity (Wildman–Crippen MR) is 101 cm³/mol. The Morgan fingerprint density at radius 2 is 1.79 bits per heavy atom. The van der Waals surface area contributed by atoms with Crippen molar-refractivity contribution in [1.29, 1.82) is 0 Å². The van der Waals surface area contributed by atoms with E-state index in [1.54, 1.807) is 4.72 Å². The number of amides is 2. The quantitative estimate of drug-likeness (QED) is 0.578. The van der Waals surface area contributed by atoms with Gasteiger partial charge in [0.2, 0.25) is 17.7 Å². The summed E-state index contributed by atoms with van der Waals surface area (Å²) in [5, 5.41) is 12.3. The van der Waals surface area contributed by atoms with Crippen molar-refractivity contribution in [1.82, 2.24) is 14.7 Å². The molecule has 2 atom stereocenters. The highest BCUT2D eigenvalue weighted by Crippen LogP contribution is 2.27. The number of methoxy groups -OCH3 is 2. The van der Waals surface area contributed by atoms with Crippen LogP contribution >= 0.6 is 0 Å². The zero-order chi connectivity index (χ0) is 21.6. The molecule has 0 spiro atoms. The first-order chi connectivity index (χ1) is 13.7. The molecule has 158 valence electrons. The fourth-order valence-corrected chi connectivity index (χ4v) is 3.52. The van der Waals surface area contributed by atoms with Crippen molar-refractivity contribution in [2.45, 2.75) is 30.5 Å². The lowest BCUT2D eigenvalue weighted by Gasteiger charge is -2.18. The van der Waals surface area contributed by atoms with E-state index in [-0.39, 0.29) is 29.7 Å². The Bertz CT molecular complexity index is 950. The number of aromatic nitrogens is 2. The highest BCUT2D eigenvalue weighted by molar-refractivity contribution is 7.90. The summed E-state index contributed by atoms with van der Waals surface area (Å²) >= 11 is 0. The van der Waals surface area contributed by atoms with Crippen LogP contribution in [0.3, 0.4) is 0 Å². The van der Waals surface area contributed by atoms with Gasteiger partial charge in [-0.1, -0.05) is 25.1 Å². The maximum Gasteiger partial charge on any atom is 0.335 e. The summed E-state index contributed by atoms with van der Waals surface area (Å²) in [6, 6.07) is 5.46. The van der Waals surface area contributed by atoms with Gasteiger partial charge in [-0.15, -0.1) is 0 Å². The number of rotatable bonds is 8. The zero-order valence-electron chi connectivity index (χ0n) is 15.9. The van der Waals surface area contributed by atoms with Crippen molar-refractivity contribution < 1.29 is 32.2 Å². The molecule has 29 heavy (non-hydrogen) atoms. The van der Waals surface area contributed by atoms with Crippen LogP contribution < -0.4 is 19.5 Å². The number of sulfonamides is 1. The van der Waals surface area contributed by atoms with E-state index in [2.05, 4.69) is 15.3 Å². The van der Waals surface area contributed by atoms with E-state index in [4.69, 9.17) is 9.47 Å². The van der Waals surface area contributed by atoms with Crippen LogP contribution in [0.15, 0.2) is 35.2 Å². The predicted octanol–water partition coefficient (Wildman–Crippen LogP) is 1.79. The monoisotopic (exact) mass is 428 g/mol. The first-order valence-corrected chi connectivity index (χ1v) is 9.92. The van der Waals surface area contributed by atoms with Crippen molar-refractivity contribution in [3.05, 3.63) is 35.9 Å². The van der Waals surface area contributed by atoms with E-state index in [1.165, 1.54) is 45.4 Å². The summed E-state index contributed by atoms with van der Waals surface area (Å²) in [7, 11) is -1.76. The number of halogens is 1. The van der Waals surface area contributed by atoms with Gasteiger partial charge in [0.15, 0.2) is 0 Å². The standard InChI is InChI=1S/C17H21FN4O6S/c1-4-11(18)15(23)10-7-5-6-8-12(10)29(25,26)22-17(24)21-16-19-13(27-2)9-14(20-16)28-3/h5-9,11,15,23H,4H2,1-3H3,(H2,19,20,21,22,24)/t11-,15+/m0/s1. The topological polar surface area (TPSA) is 140 Å². The lowest BCUT2D eigenvalue weighted by Crippen LogP contribution is -2.35. The molecule has 1 heterocycles. The third-order valence-electron chi connectivity index (χ3n) is 3.81. The van der Waals surface area contributed by atoms with Crippen molar-refractivity contribution in [3.8, 4) is 11.8 Å². The van der Waals surface area contributed by atoms with Crippen molar-refractivity contribution >= 4 is 22.0 Å². The Hall–Kier alpha value is -2.99. The van der Waals surface area contributed by atoms with Gasteiger partial charge < -0.3 is 14.6 Å². The molecule has 0 saturated carbocycles. The molecule has 0 aliphatic rings. The number of hydrogen-bond donors (Lipinski definition) is 3. The average molecular weight is 428 g/mol. The maximum absolute atomic E-state index is 13.9. The molecule has 0 bridgehead atoms. The van der Waals surface area contributed by atoms with Gasteiger partial charge in [0.1, 0.15) is 12.3 Å². The number of ether oxygens (including phenoxy) is 2. The molecule has 1 aromatic carbocycles. The first-order valence-electron chi connectivity index (χ1n) is 8.43. The molecule has 0 fully saturated rings. The summed E-state index contributed by atoms with van der Waals surface area (Å²) in [6.07, 6.45) is -3.35. The minimum absolute atomic E-state index is 0.0154. The van der Waals surface area contributed by atoms with Crippen LogP contribution in [0.5, 0.6) is 11.8 Å². The van der Waals surface area contributed by atoms with Gasteiger partial charge >= 0.3 is 6.03 Å². The van der Waals surface area contributed by atoms with Crippen LogP contribution in [0.2, 0.25) is 0 Å². The van der Waals surface area contributed by atoms with Gasteiger partial charge in [-0.3, -0.25) is 5.32 Å². The first kappa shape index (κ1) is 22.3. The van der Waals surface area contributed by atoms with Gasteiger partial charge in [0, 0.05) is 5.56 Å². The Labute approximate surface area is 167 Å². The van der Waals surface area contributed by atoms with Crippen molar-refractivity contribution in [2.75, 3.05) is 19.5 Å². The number of hydrogen-bond acceptors (Lipinski definition) is 8. The second kappa shape index (κ2) is 9.47. The zero-order valence-corrected chi connectivity index (χ0v) is 16.7. The second-order valence-corrected chi connectivity index (χ2v) is 7.39. The fourth-order valence-electron chi connectivity index (χ4n) is 2.36. The summed E-state index contributed by atoms with van der Waals surface area (Å²) in [5.41, 5.74) is -0.165. The number of carbonyl (C=O) groups is 1. The summed E-state index contributed by atoms with van der Waals surface area (Å²) in [4.78, 5) is 19.5. The van der Waals surface area contributed by atoms with Crippen LogP contribution in [-0.2, 0) is 10.0 Å². The van der Waals surface area contributed by atoms with Crippen molar-refractivity contribution in [3.63, 3.8) is 0 Å². The molecule has 12 heteroatoms. The third kappa shape index (κ3) is 5.51. The SMILES string of the molecule is CC[C@H](F)[C@H](O)c1ccccc1S(=O)(=O)NC(=O)Nc1nc(OC)cc(OC)n1. The molecule has 0 unspecified atom stereocenters. The largest absolute Gasteiger partial charge is 0.481 e. The molecule has 1 aromatic heterocycles. The van der Waals surface area contributed by atoms with Crippen LogP contribution in [0.4, 0.5) is 15.1 Å². The molecular weight excluding hydrogens is 407 g/mol.